The molecule has 0 heterocycles. The molecule has 1 aromatic carbocycles. The molecule has 16 heavy (non-hydrogen) atoms. The van der Waals surface area contributed by atoms with Crippen LogP contribution in [-0.4, -0.2) is 25.9 Å². The number of likely N-dealkylation sites (N-methyl/N-ethyl adjacent to an activating group) is 1. The number of hydrogen-bond acceptors (Lipinski definition) is 3. The Balaban J connectivity index is 2.53. The van der Waals surface area contributed by atoms with E-state index >= 15 is 0 Å². The van der Waals surface area contributed by atoms with Crippen molar-refractivity contribution in [3.05, 3.63) is 29.8 Å². The molecule has 90 valence electrons. The van der Waals surface area contributed by atoms with Crippen molar-refractivity contribution in [2.75, 3.05) is 24.6 Å². The summed E-state index contributed by atoms with van der Waals surface area (Å²) in [6.07, 6.45) is -0.184. The van der Waals surface area contributed by atoms with Crippen LogP contribution in [0.15, 0.2) is 24.3 Å². The molecule has 3 nitrogen and oxygen atoms in total. The molecule has 0 amide bonds. The van der Waals surface area contributed by atoms with Crippen molar-refractivity contribution in [2.45, 2.75) is 27.0 Å². The smallest absolute Gasteiger partial charge is 0.102 e. The van der Waals surface area contributed by atoms with Gasteiger partial charge in [-0.15, -0.1) is 0 Å². The van der Waals surface area contributed by atoms with Crippen molar-refractivity contribution in [3.8, 4) is 0 Å². The molecule has 1 rings (SSSR count). The molecule has 1 unspecified atom stereocenters. The minimum absolute atomic E-state index is 0.184. The number of ether oxygens (including phenoxy) is 1. The van der Waals surface area contributed by atoms with Gasteiger partial charge in [0.05, 0.1) is 6.61 Å². The number of anilines is 1. The maximum Gasteiger partial charge on any atom is 0.102 e. The third-order valence-electron chi connectivity index (χ3n) is 2.49. The minimum Gasteiger partial charge on any atom is -0.369 e. The van der Waals surface area contributed by atoms with E-state index in [1.165, 1.54) is 11.3 Å². The lowest BCUT2D eigenvalue weighted by atomic mass is 10.2. The number of hydrogen-bond donors (Lipinski definition) is 1. The zero-order chi connectivity index (χ0) is 12.0. The Kier molecular flexibility index (Phi) is 5.29. The third kappa shape index (κ3) is 4.21. The number of nitrogens with two attached hydrogens (primary N) is 1. The predicted molar refractivity (Wildman–Crippen MR) is 68.7 cm³/mol. The van der Waals surface area contributed by atoms with Crippen LogP contribution in [0.1, 0.15) is 19.4 Å². The highest BCUT2D eigenvalue weighted by Gasteiger charge is 2.04. The van der Waals surface area contributed by atoms with Crippen LogP contribution in [0.4, 0.5) is 5.69 Å². The van der Waals surface area contributed by atoms with E-state index in [9.17, 15) is 0 Å². The summed E-state index contributed by atoms with van der Waals surface area (Å²) in [4.78, 5) is 2.29. The van der Waals surface area contributed by atoms with E-state index in [4.69, 9.17) is 10.5 Å². The predicted octanol–water partition coefficient (Wildman–Crippen LogP) is 2.14. The van der Waals surface area contributed by atoms with E-state index in [1.807, 2.05) is 6.92 Å². The summed E-state index contributed by atoms with van der Waals surface area (Å²) in [5, 5.41) is 0. The number of benzene rings is 1. The average molecular weight is 222 g/mol. The SMILES string of the molecule is CCN(CCOC(C)N)c1cccc(C)c1. The van der Waals surface area contributed by atoms with Crippen LogP contribution in [0.3, 0.4) is 0 Å². The van der Waals surface area contributed by atoms with Crippen LogP contribution in [0.5, 0.6) is 0 Å². The Hall–Kier alpha value is -1.06. The first kappa shape index (κ1) is 13.0. The first-order valence-corrected chi connectivity index (χ1v) is 5.82. The molecule has 0 aliphatic heterocycles. The second-order valence-corrected chi connectivity index (χ2v) is 3.99. The Morgan fingerprint density at radius 3 is 2.75 bits per heavy atom. The Morgan fingerprint density at radius 2 is 2.19 bits per heavy atom. The fourth-order valence-corrected chi connectivity index (χ4v) is 1.64. The summed E-state index contributed by atoms with van der Waals surface area (Å²) >= 11 is 0. The Morgan fingerprint density at radius 1 is 1.44 bits per heavy atom. The highest BCUT2D eigenvalue weighted by molar-refractivity contribution is 5.48. The first-order chi connectivity index (χ1) is 7.63. The summed E-state index contributed by atoms with van der Waals surface area (Å²) in [5.41, 5.74) is 8.07. The van der Waals surface area contributed by atoms with E-state index in [-0.39, 0.29) is 6.23 Å². The average Bonchev–Trinajstić information content (AvgIpc) is 2.24. The van der Waals surface area contributed by atoms with Gasteiger partial charge in [-0.05, 0) is 38.5 Å². The van der Waals surface area contributed by atoms with Crippen molar-refractivity contribution >= 4 is 5.69 Å². The summed E-state index contributed by atoms with van der Waals surface area (Å²) in [6, 6.07) is 8.51. The van der Waals surface area contributed by atoms with Gasteiger partial charge in [-0.25, -0.2) is 0 Å². The van der Waals surface area contributed by atoms with E-state index in [2.05, 4.69) is 43.0 Å². The topological polar surface area (TPSA) is 38.5 Å². The highest BCUT2D eigenvalue weighted by atomic mass is 16.5. The Labute approximate surface area is 98.2 Å². The van der Waals surface area contributed by atoms with Crippen molar-refractivity contribution in [3.63, 3.8) is 0 Å². The van der Waals surface area contributed by atoms with Crippen LogP contribution in [-0.2, 0) is 4.74 Å². The maximum atomic E-state index is 5.54. The lowest BCUT2D eigenvalue weighted by molar-refractivity contribution is 0.0758. The number of aryl methyl sites for hydroxylation is 1. The normalized spacial score (nSPS) is 12.5. The molecule has 0 spiro atoms. The van der Waals surface area contributed by atoms with Crippen molar-refractivity contribution < 1.29 is 4.74 Å². The van der Waals surface area contributed by atoms with Crippen LogP contribution in [0.2, 0.25) is 0 Å². The lowest BCUT2D eigenvalue weighted by Gasteiger charge is -2.23. The second kappa shape index (κ2) is 6.51. The minimum atomic E-state index is -0.184. The summed E-state index contributed by atoms with van der Waals surface area (Å²) in [7, 11) is 0. The van der Waals surface area contributed by atoms with Gasteiger partial charge in [0.2, 0.25) is 0 Å². The van der Waals surface area contributed by atoms with Gasteiger partial charge < -0.3 is 15.4 Å². The number of rotatable bonds is 6. The Bertz CT molecular complexity index is 313. The molecule has 0 aromatic heterocycles. The highest BCUT2D eigenvalue weighted by Crippen LogP contribution is 2.15. The van der Waals surface area contributed by atoms with Crippen molar-refractivity contribution in [1.29, 1.82) is 0 Å². The van der Waals surface area contributed by atoms with E-state index in [0.717, 1.165) is 13.1 Å². The maximum absolute atomic E-state index is 5.54. The standard InChI is InChI=1S/C13H22N2O/c1-4-15(8-9-16-12(3)14)13-7-5-6-11(2)10-13/h5-7,10,12H,4,8-9,14H2,1-3H3. The third-order valence-corrected chi connectivity index (χ3v) is 2.49. The van der Waals surface area contributed by atoms with Gasteiger partial charge in [0.25, 0.3) is 0 Å². The van der Waals surface area contributed by atoms with E-state index in [1.54, 1.807) is 0 Å². The molecule has 2 N–H and O–H groups in total. The fourth-order valence-electron chi connectivity index (χ4n) is 1.64. The first-order valence-electron chi connectivity index (χ1n) is 5.82. The van der Waals surface area contributed by atoms with Gasteiger partial charge in [-0.3, -0.25) is 0 Å². The molecule has 0 aliphatic carbocycles. The quantitative estimate of drug-likeness (QED) is 0.749. The van der Waals surface area contributed by atoms with Gasteiger partial charge in [-0.1, -0.05) is 12.1 Å². The fraction of sp³-hybridized carbons (Fsp3) is 0.538. The molecule has 0 radical (unpaired) electrons. The molecular formula is C13H22N2O. The lowest BCUT2D eigenvalue weighted by Crippen LogP contribution is -2.30. The molecule has 1 aromatic rings. The summed E-state index contributed by atoms with van der Waals surface area (Å²) in [6.45, 7) is 8.62. The van der Waals surface area contributed by atoms with Crippen LogP contribution in [0.25, 0.3) is 0 Å². The molecule has 1 atom stereocenters. The van der Waals surface area contributed by atoms with Crippen LogP contribution < -0.4 is 10.6 Å². The van der Waals surface area contributed by atoms with Crippen LogP contribution in [0, 0.1) is 6.92 Å². The van der Waals surface area contributed by atoms with E-state index in [0.29, 0.717) is 6.61 Å². The van der Waals surface area contributed by atoms with Gasteiger partial charge in [-0.2, -0.15) is 0 Å². The molecule has 0 saturated heterocycles. The zero-order valence-electron chi connectivity index (χ0n) is 10.4. The number of nitrogens with zero attached hydrogens (tertiary/aromatic N) is 1. The van der Waals surface area contributed by atoms with Gasteiger partial charge in [0.15, 0.2) is 0 Å². The van der Waals surface area contributed by atoms with Crippen molar-refractivity contribution in [1.82, 2.24) is 0 Å². The molecular weight excluding hydrogens is 200 g/mol. The van der Waals surface area contributed by atoms with E-state index < -0.39 is 0 Å². The molecule has 0 fully saturated rings. The van der Waals surface area contributed by atoms with Gasteiger partial charge >= 0.3 is 0 Å². The van der Waals surface area contributed by atoms with Crippen molar-refractivity contribution in [2.24, 2.45) is 5.73 Å². The zero-order valence-corrected chi connectivity index (χ0v) is 10.4. The monoisotopic (exact) mass is 222 g/mol. The van der Waals surface area contributed by atoms with Crippen LogP contribution >= 0.6 is 0 Å². The molecule has 0 bridgehead atoms. The van der Waals surface area contributed by atoms with Gasteiger partial charge in [0.1, 0.15) is 6.23 Å². The second-order valence-electron chi connectivity index (χ2n) is 3.99. The summed E-state index contributed by atoms with van der Waals surface area (Å²) in [5.74, 6) is 0. The largest absolute Gasteiger partial charge is 0.369 e. The molecule has 3 heteroatoms. The van der Waals surface area contributed by atoms with Gasteiger partial charge in [0, 0.05) is 18.8 Å². The summed E-state index contributed by atoms with van der Waals surface area (Å²) < 4.78 is 5.36. The molecule has 0 saturated carbocycles. The molecule has 0 aliphatic rings.